The number of carbonyl (C=O) groups excluding carboxylic acids is 1. The van der Waals surface area contributed by atoms with Crippen LogP contribution in [-0.4, -0.2) is 37.4 Å². The highest BCUT2D eigenvalue weighted by Gasteiger charge is 2.64. The number of epoxide rings is 1. The molecule has 2 unspecified atom stereocenters. The molecule has 4 aliphatic rings. The van der Waals surface area contributed by atoms with Gasteiger partial charge in [-0.05, 0) is 74.1 Å². The van der Waals surface area contributed by atoms with Crippen LogP contribution >= 0.6 is 0 Å². The Hall–Kier alpha value is -1.46. The van der Waals surface area contributed by atoms with Crippen molar-refractivity contribution >= 4 is 5.97 Å². The first-order chi connectivity index (χ1) is 13.5. The van der Waals surface area contributed by atoms with Gasteiger partial charge in [-0.2, -0.15) is 0 Å². The molecule has 4 fully saturated rings. The average molecular weight is 387 g/mol. The normalized spacial score (nSPS) is 41.4. The van der Waals surface area contributed by atoms with Gasteiger partial charge in [0.05, 0.1) is 18.1 Å². The first kappa shape index (κ1) is 18.6. The van der Waals surface area contributed by atoms with Crippen molar-refractivity contribution in [3.8, 4) is 0 Å². The zero-order valence-electron chi connectivity index (χ0n) is 16.6. The van der Waals surface area contributed by atoms with Crippen molar-refractivity contribution in [2.75, 3.05) is 19.7 Å². The molecule has 152 valence electrons. The minimum absolute atomic E-state index is 0.0303. The maximum Gasteiger partial charge on any atom is 0.310 e. The fraction of sp³-hybridized carbons (Fsp3) is 0.696. The summed E-state index contributed by atoms with van der Waals surface area (Å²) in [5, 5.41) is 3.45. The molecule has 1 spiro atoms. The lowest BCUT2D eigenvalue weighted by molar-refractivity contribution is -0.147. The summed E-state index contributed by atoms with van der Waals surface area (Å²) in [5.74, 6) is 0.577. The van der Waals surface area contributed by atoms with Gasteiger partial charge in [0.1, 0.15) is 11.9 Å². The Balaban J connectivity index is 1.20. The second-order valence-electron chi connectivity index (χ2n) is 9.68. The lowest BCUT2D eigenvalue weighted by Crippen LogP contribution is -2.51. The molecule has 2 aliphatic carbocycles. The Morgan fingerprint density at radius 2 is 2.04 bits per heavy atom. The molecule has 0 radical (unpaired) electrons. The number of nitrogens with one attached hydrogen (secondary N) is 1. The van der Waals surface area contributed by atoms with Gasteiger partial charge in [-0.3, -0.25) is 4.79 Å². The largest absolute Gasteiger partial charge is 0.462 e. The summed E-state index contributed by atoms with van der Waals surface area (Å²) in [4.78, 5) is 12.6. The van der Waals surface area contributed by atoms with Crippen LogP contribution in [0.1, 0.15) is 44.6 Å². The van der Waals surface area contributed by atoms with Crippen molar-refractivity contribution in [3.05, 3.63) is 35.6 Å². The second-order valence-corrected chi connectivity index (χ2v) is 9.68. The number of hydrogen-bond donors (Lipinski definition) is 1. The van der Waals surface area contributed by atoms with Gasteiger partial charge in [-0.1, -0.05) is 19.1 Å². The van der Waals surface area contributed by atoms with E-state index in [-0.39, 0.29) is 34.8 Å². The minimum Gasteiger partial charge on any atom is -0.462 e. The molecule has 1 N–H and O–H groups in total. The van der Waals surface area contributed by atoms with E-state index in [2.05, 4.69) is 12.2 Å². The minimum atomic E-state index is -0.208. The van der Waals surface area contributed by atoms with Gasteiger partial charge in [0.25, 0.3) is 0 Å². The molecule has 28 heavy (non-hydrogen) atoms. The van der Waals surface area contributed by atoms with Crippen molar-refractivity contribution in [2.45, 2.75) is 57.2 Å². The smallest absolute Gasteiger partial charge is 0.310 e. The van der Waals surface area contributed by atoms with E-state index in [1.54, 1.807) is 0 Å². The third kappa shape index (κ3) is 3.17. The SMILES string of the molecule is C[C@]12CCC[C@]3(CO3)C1C[C@@H]1C(CNCCc3ccc(F)cc3)C(=O)O[C@@H]1C2. The van der Waals surface area contributed by atoms with Gasteiger partial charge in [0.15, 0.2) is 0 Å². The molecule has 2 heterocycles. The van der Waals surface area contributed by atoms with E-state index in [1.165, 1.54) is 31.4 Å². The monoisotopic (exact) mass is 387 g/mol. The third-order valence-corrected chi connectivity index (χ3v) is 7.95. The molecule has 0 bridgehead atoms. The molecule has 1 aromatic carbocycles. The van der Waals surface area contributed by atoms with E-state index >= 15 is 0 Å². The maximum absolute atomic E-state index is 13.0. The van der Waals surface area contributed by atoms with Gasteiger partial charge >= 0.3 is 5.97 Å². The number of esters is 1. The van der Waals surface area contributed by atoms with Gasteiger partial charge in [0.2, 0.25) is 0 Å². The highest BCUT2D eigenvalue weighted by atomic mass is 19.1. The van der Waals surface area contributed by atoms with Crippen LogP contribution in [0, 0.1) is 29.0 Å². The molecule has 5 heteroatoms. The van der Waals surface area contributed by atoms with E-state index in [0.717, 1.165) is 38.0 Å². The van der Waals surface area contributed by atoms with E-state index in [9.17, 15) is 9.18 Å². The summed E-state index contributed by atoms with van der Waals surface area (Å²) in [6.45, 7) is 4.73. The number of rotatable bonds is 5. The van der Waals surface area contributed by atoms with Crippen molar-refractivity contribution in [3.63, 3.8) is 0 Å². The molecule has 2 saturated heterocycles. The van der Waals surface area contributed by atoms with Crippen LogP contribution < -0.4 is 5.32 Å². The zero-order valence-corrected chi connectivity index (χ0v) is 16.6. The summed E-state index contributed by atoms with van der Waals surface area (Å²) < 4.78 is 24.8. The molecule has 1 aromatic rings. The molecular weight excluding hydrogens is 357 g/mol. The number of ether oxygens (including phenoxy) is 2. The third-order valence-electron chi connectivity index (χ3n) is 7.95. The van der Waals surface area contributed by atoms with Gasteiger partial charge < -0.3 is 14.8 Å². The number of benzene rings is 1. The quantitative estimate of drug-likeness (QED) is 0.477. The summed E-state index contributed by atoms with van der Waals surface area (Å²) in [6.07, 6.45) is 6.58. The first-order valence-electron chi connectivity index (χ1n) is 10.8. The van der Waals surface area contributed by atoms with Crippen LogP contribution in [0.2, 0.25) is 0 Å². The van der Waals surface area contributed by atoms with Crippen LogP contribution in [0.3, 0.4) is 0 Å². The fourth-order valence-corrected chi connectivity index (χ4v) is 6.33. The predicted molar refractivity (Wildman–Crippen MR) is 103 cm³/mol. The van der Waals surface area contributed by atoms with Crippen LogP contribution in [-0.2, 0) is 20.7 Å². The molecular formula is C23H30FNO3. The van der Waals surface area contributed by atoms with Gasteiger partial charge in [-0.15, -0.1) is 0 Å². The molecule has 0 aromatic heterocycles. The molecule has 2 saturated carbocycles. The number of hydrogen-bond acceptors (Lipinski definition) is 4. The van der Waals surface area contributed by atoms with Crippen molar-refractivity contribution in [2.24, 2.45) is 23.2 Å². The Labute approximate surface area is 166 Å². The lowest BCUT2D eigenvalue weighted by Gasteiger charge is -2.51. The summed E-state index contributed by atoms with van der Waals surface area (Å²) >= 11 is 0. The van der Waals surface area contributed by atoms with E-state index < -0.39 is 0 Å². The van der Waals surface area contributed by atoms with Crippen LogP contribution in [0.5, 0.6) is 0 Å². The van der Waals surface area contributed by atoms with Crippen LogP contribution in [0.4, 0.5) is 4.39 Å². The molecule has 0 amide bonds. The number of carbonyl (C=O) groups is 1. The van der Waals surface area contributed by atoms with Crippen LogP contribution in [0.15, 0.2) is 24.3 Å². The first-order valence-corrected chi connectivity index (χ1v) is 10.8. The second kappa shape index (κ2) is 6.81. The number of fused-ring (bicyclic) bond motifs is 3. The van der Waals surface area contributed by atoms with Crippen molar-refractivity contribution in [1.29, 1.82) is 0 Å². The van der Waals surface area contributed by atoms with E-state index in [4.69, 9.17) is 9.47 Å². The number of halogens is 1. The Morgan fingerprint density at radius 3 is 2.79 bits per heavy atom. The summed E-state index contributed by atoms with van der Waals surface area (Å²) in [7, 11) is 0. The van der Waals surface area contributed by atoms with Gasteiger partial charge in [0, 0.05) is 12.5 Å². The Morgan fingerprint density at radius 1 is 1.25 bits per heavy atom. The van der Waals surface area contributed by atoms with Crippen LogP contribution in [0.25, 0.3) is 0 Å². The highest BCUT2D eigenvalue weighted by molar-refractivity contribution is 5.75. The van der Waals surface area contributed by atoms with Gasteiger partial charge in [-0.25, -0.2) is 4.39 Å². The standard InChI is InChI=1S/C23H30FNO3/c1-22-8-2-9-23(14-27-23)20(22)11-17-18(21(26)28-19(17)12-22)13-25-10-7-15-3-5-16(24)6-4-15/h3-6,17-20,25H,2,7-14H2,1H3/t17-,18?,19-,20?,22-,23+/m1/s1. The zero-order chi connectivity index (χ0) is 19.4. The van der Waals surface area contributed by atoms with Crippen molar-refractivity contribution < 1.29 is 18.7 Å². The van der Waals surface area contributed by atoms with E-state index in [0.29, 0.717) is 18.4 Å². The Bertz CT molecular complexity index is 747. The molecule has 6 atom stereocenters. The Kier molecular flexibility index (Phi) is 4.51. The summed E-state index contributed by atoms with van der Waals surface area (Å²) in [5.41, 5.74) is 1.45. The lowest BCUT2D eigenvalue weighted by atomic mass is 9.53. The topological polar surface area (TPSA) is 50.9 Å². The molecule has 4 nitrogen and oxygen atoms in total. The molecule has 2 aliphatic heterocycles. The average Bonchev–Trinajstić information content (AvgIpc) is 3.36. The van der Waals surface area contributed by atoms with Crippen molar-refractivity contribution in [1.82, 2.24) is 5.32 Å². The summed E-state index contributed by atoms with van der Waals surface area (Å²) in [6, 6.07) is 6.62. The fourth-order valence-electron chi connectivity index (χ4n) is 6.33. The predicted octanol–water partition coefficient (Wildman–Crippen LogP) is 3.48. The molecule has 5 rings (SSSR count). The van der Waals surface area contributed by atoms with E-state index in [1.807, 2.05) is 12.1 Å². The maximum atomic E-state index is 13.0. The highest BCUT2D eigenvalue weighted by Crippen LogP contribution is 2.62.